The average Bonchev–Trinajstić information content (AvgIpc) is 2.33. The molecule has 0 saturated carbocycles. The fraction of sp³-hybridized carbons (Fsp3) is 0.250. The third-order valence-corrected chi connectivity index (χ3v) is 1.05. The average molecular weight is 128 g/mol. The second-order valence-electron chi connectivity index (χ2n) is 1.57. The molecule has 1 rings (SSSR count). The molecular weight excluding hydrogens is 120 g/mol. The summed E-state index contributed by atoms with van der Waals surface area (Å²) < 4.78 is 0. The Morgan fingerprint density at radius 3 is 3.11 bits per heavy atom. The van der Waals surface area contributed by atoms with Crippen LogP contribution in [0.15, 0.2) is 11.9 Å². The molecule has 1 aliphatic rings. The molecule has 0 fully saturated rings. The van der Waals surface area contributed by atoms with Gasteiger partial charge in [-0.3, -0.25) is 4.79 Å². The maximum Gasteiger partial charge on any atom is 0.229 e. The largest absolute Gasteiger partial charge is 0.325 e. The van der Waals surface area contributed by atoms with Gasteiger partial charge >= 0.3 is 0 Å². The monoisotopic (exact) mass is 128 g/mol. The van der Waals surface area contributed by atoms with Crippen LogP contribution in [0.4, 0.5) is 0 Å². The van der Waals surface area contributed by atoms with Crippen molar-refractivity contribution in [3.05, 3.63) is 11.9 Å². The highest BCUT2D eigenvalue weighted by molar-refractivity contribution is 5.50. The van der Waals surface area contributed by atoms with E-state index in [4.69, 9.17) is 5.73 Å². The molecule has 0 radical (unpaired) electrons. The minimum absolute atomic E-state index is 0.346. The van der Waals surface area contributed by atoms with Gasteiger partial charge in [0.1, 0.15) is 0 Å². The molecule has 4 N–H and O–H groups in total. The number of hydrogen-bond donors (Lipinski definition) is 3. The van der Waals surface area contributed by atoms with Gasteiger partial charge in [0.25, 0.3) is 0 Å². The fourth-order valence-corrected chi connectivity index (χ4v) is 0.578. The molecule has 0 saturated heterocycles. The lowest BCUT2D eigenvalue weighted by Crippen LogP contribution is -2.37. The van der Waals surface area contributed by atoms with Crippen LogP contribution in [0, 0.1) is 0 Å². The van der Waals surface area contributed by atoms with Crippen LogP contribution >= 0.6 is 0 Å². The van der Waals surface area contributed by atoms with E-state index < -0.39 is 0 Å². The Morgan fingerprint density at radius 2 is 2.67 bits per heavy atom. The van der Waals surface area contributed by atoms with E-state index in [0.29, 0.717) is 13.0 Å². The molecule has 0 bridgehead atoms. The highest BCUT2D eigenvalue weighted by Gasteiger charge is 2.09. The Kier molecular flexibility index (Phi) is 1.66. The Balaban J connectivity index is 2.56. The zero-order valence-electron chi connectivity index (χ0n) is 4.79. The van der Waals surface area contributed by atoms with E-state index in [1.807, 2.05) is 0 Å². The lowest BCUT2D eigenvalue weighted by molar-refractivity contribution is -0.118. The molecule has 5 heteroatoms. The Labute approximate surface area is 52.4 Å². The summed E-state index contributed by atoms with van der Waals surface area (Å²) in [5, 5.41) is 1.28. The van der Waals surface area contributed by atoms with Crippen molar-refractivity contribution < 1.29 is 4.79 Å². The van der Waals surface area contributed by atoms with E-state index in [2.05, 4.69) is 11.0 Å². The summed E-state index contributed by atoms with van der Waals surface area (Å²) in [6.07, 6.45) is 2.28. The van der Waals surface area contributed by atoms with Gasteiger partial charge in [0.05, 0.1) is 5.70 Å². The Bertz CT molecular complexity index is 144. The topological polar surface area (TPSA) is 70.4 Å². The number of nitrogens with two attached hydrogens (primary N) is 1. The first-order valence-electron chi connectivity index (χ1n) is 2.53. The van der Waals surface area contributed by atoms with Crippen LogP contribution in [0.3, 0.4) is 0 Å². The van der Waals surface area contributed by atoms with Gasteiger partial charge in [0, 0.05) is 12.7 Å². The number of amides is 1. The lowest BCUT2D eigenvalue weighted by Gasteiger charge is -2.09. The third-order valence-electron chi connectivity index (χ3n) is 1.05. The van der Waals surface area contributed by atoms with Crippen LogP contribution in [0.5, 0.6) is 0 Å². The van der Waals surface area contributed by atoms with Gasteiger partial charge in [-0.1, -0.05) is 0 Å². The quantitative estimate of drug-likeness (QED) is 0.386. The van der Waals surface area contributed by atoms with E-state index in [9.17, 15) is 4.79 Å². The van der Waals surface area contributed by atoms with E-state index in [0.717, 1.165) is 5.70 Å². The van der Waals surface area contributed by atoms with Gasteiger partial charge in [-0.05, 0) is 0 Å². The summed E-state index contributed by atoms with van der Waals surface area (Å²) in [4.78, 5) is 10.1. The van der Waals surface area contributed by atoms with Crippen molar-refractivity contribution >= 4 is 6.41 Å². The summed E-state index contributed by atoms with van der Waals surface area (Å²) in [7, 11) is 0. The highest BCUT2D eigenvalue weighted by atomic mass is 16.2. The van der Waals surface area contributed by atoms with Crippen LogP contribution in [0.25, 0.3) is 0 Å². The number of hydrogen-bond acceptors (Lipinski definition) is 4. The molecule has 0 spiro atoms. The third kappa shape index (κ3) is 1.01. The minimum Gasteiger partial charge on any atom is -0.325 e. The van der Waals surface area contributed by atoms with Gasteiger partial charge in [-0.25, -0.2) is 5.01 Å². The standard InChI is InChI=1S/C4H8N4O/c5-1-4-2-6-7-8(4)3-9/h2-3,6-7H,1,5H2. The number of carbonyl (C=O) groups excluding carboxylic acids is 1. The molecular formula is C4H8N4O. The SMILES string of the molecule is NCC1=CNNN1C=O. The zero-order valence-corrected chi connectivity index (χ0v) is 4.79. The van der Waals surface area contributed by atoms with E-state index in [1.165, 1.54) is 5.01 Å². The van der Waals surface area contributed by atoms with Crippen LogP contribution < -0.4 is 16.7 Å². The van der Waals surface area contributed by atoms with E-state index in [1.54, 1.807) is 6.20 Å². The van der Waals surface area contributed by atoms with Crippen molar-refractivity contribution in [2.24, 2.45) is 5.73 Å². The molecule has 0 atom stereocenters. The summed E-state index contributed by atoms with van der Waals surface area (Å²) in [6.45, 7) is 0.346. The number of hydrazine groups is 2. The summed E-state index contributed by atoms with van der Waals surface area (Å²) in [6, 6.07) is 0. The molecule has 0 aromatic rings. The van der Waals surface area contributed by atoms with Crippen molar-refractivity contribution in [2.45, 2.75) is 0 Å². The predicted molar refractivity (Wildman–Crippen MR) is 31.3 cm³/mol. The smallest absolute Gasteiger partial charge is 0.229 e. The van der Waals surface area contributed by atoms with Crippen LogP contribution in [-0.4, -0.2) is 18.0 Å². The van der Waals surface area contributed by atoms with E-state index >= 15 is 0 Å². The zero-order chi connectivity index (χ0) is 6.69. The molecule has 1 aliphatic heterocycles. The van der Waals surface area contributed by atoms with E-state index in [-0.39, 0.29) is 0 Å². The number of nitrogens with one attached hydrogen (secondary N) is 2. The van der Waals surface area contributed by atoms with Crippen molar-refractivity contribution in [3.63, 3.8) is 0 Å². The second kappa shape index (κ2) is 2.47. The Morgan fingerprint density at radius 1 is 1.89 bits per heavy atom. The molecule has 5 nitrogen and oxygen atoms in total. The molecule has 50 valence electrons. The predicted octanol–water partition coefficient (Wildman–Crippen LogP) is -1.73. The van der Waals surface area contributed by atoms with Gasteiger partial charge in [0.15, 0.2) is 0 Å². The molecule has 1 amide bonds. The minimum atomic E-state index is 0.346. The fourth-order valence-electron chi connectivity index (χ4n) is 0.578. The van der Waals surface area contributed by atoms with Gasteiger partial charge < -0.3 is 11.2 Å². The second-order valence-corrected chi connectivity index (χ2v) is 1.57. The summed E-state index contributed by atoms with van der Waals surface area (Å²) in [5.74, 6) is 0. The first-order chi connectivity index (χ1) is 4.38. The molecule has 0 aromatic carbocycles. The molecule has 0 aromatic heterocycles. The van der Waals surface area contributed by atoms with Crippen molar-refractivity contribution in [1.29, 1.82) is 0 Å². The number of rotatable bonds is 2. The van der Waals surface area contributed by atoms with Gasteiger partial charge in [-0.2, -0.15) is 0 Å². The van der Waals surface area contributed by atoms with Gasteiger partial charge in [0.2, 0.25) is 6.41 Å². The molecule has 1 heterocycles. The van der Waals surface area contributed by atoms with Crippen LogP contribution in [0.1, 0.15) is 0 Å². The highest BCUT2D eigenvalue weighted by Crippen LogP contribution is 1.96. The first-order valence-corrected chi connectivity index (χ1v) is 2.53. The Hall–Kier alpha value is -1.07. The van der Waals surface area contributed by atoms with Gasteiger partial charge in [-0.15, -0.1) is 5.53 Å². The van der Waals surface area contributed by atoms with Crippen molar-refractivity contribution in [3.8, 4) is 0 Å². The number of carbonyl (C=O) groups is 1. The van der Waals surface area contributed by atoms with Crippen molar-refractivity contribution in [2.75, 3.05) is 6.54 Å². The maximum absolute atomic E-state index is 10.1. The summed E-state index contributed by atoms with van der Waals surface area (Å²) in [5.41, 5.74) is 11.2. The normalized spacial score (nSPS) is 17.0. The molecule has 0 aliphatic carbocycles. The number of nitrogens with zero attached hydrogens (tertiary/aromatic N) is 1. The van der Waals surface area contributed by atoms with Crippen molar-refractivity contribution in [1.82, 2.24) is 16.0 Å². The first kappa shape index (κ1) is 6.06. The van der Waals surface area contributed by atoms with Crippen LogP contribution in [-0.2, 0) is 4.79 Å². The molecule has 0 unspecified atom stereocenters. The summed E-state index contributed by atoms with van der Waals surface area (Å²) >= 11 is 0. The van der Waals surface area contributed by atoms with Crippen LogP contribution in [0.2, 0.25) is 0 Å². The molecule has 9 heavy (non-hydrogen) atoms. The maximum atomic E-state index is 10.1. The lowest BCUT2D eigenvalue weighted by atomic mass is 10.5.